The summed E-state index contributed by atoms with van der Waals surface area (Å²) in [7, 11) is 0. The maximum absolute atomic E-state index is 15.3. The maximum Gasteiger partial charge on any atom is 0.245 e. The first-order chi connectivity index (χ1) is 50.8. The number of carbonyl (C=O) groups is 10. The Balaban J connectivity index is 1.05. The number of hydrogen-bond donors (Lipinski definition) is 14. The van der Waals surface area contributed by atoms with Gasteiger partial charge >= 0.3 is 0 Å². The second kappa shape index (κ2) is 40.1. The van der Waals surface area contributed by atoms with Gasteiger partial charge in [0.2, 0.25) is 59.1 Å². The number of ether oxygens (including phenoxy) is 1. The number of primary amides is 1. The van der Waals surface area contributed by atoms with E-state index in [1.165, 1.54) is 11.8 Å². The third-order valence-electron chi connectivity index (χ3n) is 18.6. The molecule has 0 radical (unpaired) electrons. The number of anilines is 1. The minimum atomic E-state index is -1.77. The van der Waals surface area contributed by atoms with Crippen molar-refractivity contribution in [2.45, 2.75) is 152 Å². The van der Waals surface area contributed by atoms with Crippen LogP contribution >= 0.6 is 11.6 Å². The van der Waals surface area contributed by atoms with Crippen molar-refractivity contribution in [3.63, 3.8) is 0 Å². The van der Waals surface area contributed by atoms with E-state index in [-0.39, 0.29) is 82.8 Å². The topological polar surface area (TPSA) is 445 Å². The maximum atomic E-state index is 15.3. The molecule has 0 aromatic heterocycles. The van der Waals surface area contributed by atoms with Crippen molar-refractivity contribution in [1.29, 1.82) is 0 Å². The van der Waals surface area contributed by atoms with Gasteiger partial charge in [0, 0.05) is 69.1 Å². The highest BCUT2D eigenvalue weighted by Crippen LogP contribution is 2.23. The van der Waals surface area contributed by atoms with Crippen LogP contribution < -0.4 is 71.2 Å². The van der Waals surface area contributed by atoms with Crippen LogP contribution in [0.2, 0.25) is 5.02 Å². The van der Waals surface area contributed by atoms with Gasteiger partial charge in [-0.3, -0.25) is 57.8 Å². The van der Waals surface area contributed by atoms with Gasteiger partial charge in [-0.05, 0) is 120 Å². The first-order valence-corrected chi connectivity index (χ1v) is 36.1. The predicted molar refractivity (Wildman–Crippen MR) is 403 cm³/mol. The molecule has 0 aliphatic carbocycles. The van der Waals surface area contributed by atoms with Gasteiger partial charge in [-0.2, -0.15) is 0 Å². The van der Waals surface area contributed by atoms with Gasteiger partial charge in [0.05, 0.1) is 25.9 Å². The molecule has 10 amide bonds. The SMILES string of the molecule is CC(C)C[C@H](NC(=O)[C@@H](Cc1ccc(N)cc1)NC(=O)[C@H](Cc1ccc(CN2CCOCC2)cc1)NC(=O)[C@H](CO)NC(=O)[C@@H](Cc1ccccc1)NC(=O)[C@@H](Cc1ccc(Cl)cc1)NC(=O)[C@H](N)Cc1cccc2ccccc12)C(=O)N[C@@H](CCCN=C(N)N)C(=O)N1CCC[C@H]1C(=O)N[C@H](C)C(N)=O. The summed E-state index contributed by atoms with van der Waals surface area (Å²) in [5, 5.41) is 35.3. The molecule has 0 unspecified atom stereocenters. The molecule has 566 valence electrons. The number of carbonyl (C=O) groups excluding carboxylic acids is 10. The van der Waals surface area contributed by atoms with Crippen LogP contribution in [0.25, 0.3) is 10.8 Å². The second-order valence-corrected chi connectivity index (χ2v) is 27.8. The van der Waals surface area contributed by atoms with E-state index in [9.17, 15) is 43.5 Å². The van der Waals surface area contributed by atoms with Gasteiger partial charge in [0.25, 0.3) is 0 Å². The van der Waals surface area contributed by atoms with Crippen LogP contribution in [0, 0.1) is 5.92 Å². The number of nitrogen functional groups attached to an aromatic ring is 1. The van der Waals surface area contributed by atoms with Crippen molar-refractivity contribution in [2.75, 3.05) is 51.7 Å². The minimum absolute atomic E-state index is 0.00487. The van der Waals surface area contributed by atoms with Crippen molar-refractivity contribution >= 4 is 93.1 Å². The fraction of sp³-hybridized carbons (Fsp3) is 0.416. The number of fused-ring (bicyclic) bond motifs is 1. The van der Waals surface area contributed by atoms with Crippen LogP contribution in [0.15, 0.2) is 151 Å². The summed E-state index contributed by atoms with van der Waals surface area (Å²) >= 11 is 6.26. The number of amides is 10. The van der Waals surface area contributed by atoms with Crippen LogP contribution in [0.3, 0.4) is 0 Å². The van der Waals surface area contributed by atoms with E-state index < -0.39 is 126 Å². The zero-order chi connectivity index (χ0) is 76.4. The average Bonchev–Trinajstić information content (AvgIpc) is 1.52. The van der Waals surface area contributed by atoms with Gasteiger partial charge in [-0.1, -0.05) is 147 Å². The van der Waals surface area contributed by atoms with E-state index in [1.807, 2.05) is 68.4 Å². The number of likely N-dealkylation sites (tertiary alicyclic amines) is 1. The van der Waals surface area contributed by atoms with Gasteiger partial charge in [-0.15, -0.1) is 0 Å². The van der Waals surface area contributed by atoms with E-state index in [1.54, 1.807) is 91.0 Å². The van der Waals surface area contributed by atoms with E-state index in [4.69, 9.17) is 45.0 Å². The molecule has 2 saturated heterocycles. The average molecular weight is 1480 g/mol. The van der Waals surface area contributed by atoms with E-state index in [0.717, 1.165) is 35.0 Å². The fourth-order valence-corrected chi connectivity index (χ4v) is 12.8. The number of benzene rings is 6. The lowest BCUT2D eigenvalue weighted by molar-refractivity contribution is -0.142. The third-order valence-corrected chi connectivity index (χ3v) is 18.8. The van der Waals surface area contributed by atoms with Crippen LogP contribution in [0.5, 0.6) is 0 Å². The highest BCUT2D eigenvalue weighted by Gasteiger charge is 2.40. The molecule has 29 heteroatoms. The molecule has 6 aromatic carbocycles. The highest BCUT2D eigenvalue weighted by atomic mass is 35.5. The number of aliphatic imine (C=N–C) groups is 1. The Morgan fingerprint density at radius 2 is 1.01 bits per heavy atom. The van der Waals surface area contributed by atoms with Crippen LogP contribution in [-0.2, 0) is 91.3 Å². The number of nitrogens with one attached hydrogen (secondary N) is 8. The summed E-state index contributed by atoms with van der Waals surface area (Å²) in [6.07, 6.45) is 0.459. The molecule has 2 fully saturated rings. The Bertz CT molecular complexity index is 4010. The molecule has 106 heavy (non-hydrogen) atoms. The fourth-order valence-electron chi connectivity index (χ4n) is 12.7. The number of nitrogens with zero attached hydrogens (tertiary/aromatic N) is 3. The molecule has 2 aliphatic heterocycles. The van der Waals surface area contributed by atoms with Crippen molar-refractivity contribution in [3.05, 3.63) is 184 Å². The van der Waals surface area contributed by atoms with Crippen LogP contribution in [0.1, 0.15) is 86.3 Å². The minimum Gasteiger partial charge on any atom is -0.399 e. The van der Waals surface area contributed by atoms with E-state index in [0.29, 0.717) is 59.1 Å². The molecule has 0 saturated carbocycles. The standard InChI is InChI=1S/C77H99ClN16O12/c1-46(2)38-60(69(98)86-59(18-10-32-84-77(82)83)76(105)94-33-11-19-66(94)75(104)85-47(3)67(81)96)88-71(100)63(42-51-26-30-56(79)31-27-51)90-72(101)64(40-49-20-22-52(23-21-49)44-93-34-36-106-37-35-93)91-74(103)65(45-95)92-73(102)62(39-48-12-5-4-6-13-48)89-70(99)61(41-50-24-28-55(78)29-25-50)87-68(97)58(80)43-54-16-9-15-53-14-7-8-17-57(53)54/h4-9,12-17,20-31,46-47,58-66,95H,10-11,18-19,32-45,79-80H2,1-3H3,(H2,81,96)(H,85,104)(H,86,98)(H,87,97)(H,88,100)(H,89,99)(H,90,101)(H,91,103)(H,92,102)(H4,82,83,84)/t47-,58-,59+,60+,61-,62-,63-,64+,65+,66+/m1/s1. The quantitative estimate of drug-likeness (QED) is 0.0113. The molecule has 0 bridgehead atoms. The van der Waals surface area contributed by atoms with Crippen molar-refractivity contribution in [2.24, 2.45) is 33.8 Å². The van der Waals surface area contributed by atoms with E-state index in [2.05, 4.69) is 52.4 Å². The molecule has 6 aromatic rings. The summed E-state index contributed by atoms with van der Waals surface area (Å²) in [5.74, 6) is -8.34. The Kier molecular flexibility index (Phi) is 30.7. The number of morpholine rings is 1. The number of halogens is 1. The van der Waals surface area contributed by atoms with Gasteiger partial charge in [-0.25, -0.2) is 0 Å². The number of guanidine groups is 1. The number of aliphatic hydroxyl groups excluding tert-OH is 1. The molecule has 10 atom stereocenters. The third kappa shape index (κ3) is 24.8. The molecule has 2 aliphatic rings. The number of rotatable bonds is 37. The van der Waals surface area contributed by atoms with Gasteiger partial charge in [0.1, 0.15) is 54.4 Å². The molecule has 28 nitrogen and oxygen atoms in total. The Morgan fingerprint density at radius 3 is 1.57 bits per heavy atom. The van der Waals surface area contributed by atoms with Crippen molar-refractivity contribution < 1.29 is 57.8 Å². The van der Waals surface area contributed by atoms with Crippen molar-refractivity contribution in [3.8, 4) is 0 Å². The number of nitrogens with two attached hydrogens (primary N) is 5. The molecular formula is C77H99ClN16O12. The summed E-state index contributed by atoms with van der Waals surface area (Å²) in [6, 6.07) is 29.3. The van der Waals surface area contributed by atoms with Gasteiger partial charge in [0.15, 0.2) is 5.96 Å². The van der Waals surface area contributed by atoms with Crippen LogP contribution in [-0.4, -0.2) is 186 Å². The first-order valence-electron chi connectivity index (χ1n) is 35.7. The molecule has 19 N–H and O–H groups in total. The summed E-state index contributed by atoms with van der Waals surface area (Å²) < 4.78 is 5.55. The normalized spacial score (nSPS) is 16.3. The smallest absolute Gasteiger partial charge is 0.245 e. The Labute approximate surface area is 621 Å². The summed E-state index contributed by atoms with van der Waals surface area (Å²) in [5.41, 5.74) is 33.8. The lowest BCUT2D eigenvalue weighted by Crippen LogP contribution is -2.61. The molecule has 0 spiro atoms. The summed E-state index contributed by atoms with van der Waals surface area (Å²) in [6.45, 7) is 7.48. The zero-order valence-corrected chi connectivity index (χ0v) is 60.7. The van der Waals surface area contributed by atoms with Gasteiger partial charge < -0.3 is 85.9 Å². The molecule has 2 heterocycles. The summed E-state index contributed by atoms with van der Waals surface area (Å²) in [4.78, 5) is 151. The second-order valence-electron chi connectivity index (χ2n) is 27.3. The lowest BCUT2D eigenvalue weighted by atomic mass is 9.98. The Hall–Kier alpha value is -10.5. The van der Waals surface area contributed by atoms with Crippen molar-refractivity contribution in [1.82, 2.24) is 52.3 Å². The highest BCUT2D eigenvalue weighted by molar-refractivity contribution is 6.30. The predicted octanol–water partition coefficient (Wildman–Crippen LogP) is 1.21. The molecular weight excluding hydrogens is 1380 g/mol. The number of aliphatic hydroxyl groups is 1. The number of hydrogen-bond acceptors (Lipinski definition) is 16. The lowest BCUT2D eigenvalue weighted by Gasteiger charge is -2.31. The first kappa shape index (κ1) is 81.2. The van der Waals surface area contributed by atoms with E-state index >= 15 is 9.59 Å². The zero-order valence-electron chi connectivity index (χ0n) is 60.0. The molecule has 8 rings (SSSR count). The van der Waals surface area contributed by atoms with Crippen LogP contribution in [0.4, 0.5) is 5.69 Å². The largest absolute Gasteiger partial charge is 0.399 e. The monoisotopic (exact) mass is 1470 g/mol. The Morgan fingerprint density at radius 1 is 0.538 bits per heavy atom.